The van der Waals surface area contributed by atoms with Gasteiger partial charge in [-0.25, -0.2) is 9.97 Å². The number of phenols is 1. The van der Waals surface area contributed by atoms with Crippen molar-refractivity contribution in [1.29, 1.82) is 0 Å². The predicted molar refractivity (Wildman–Crippen MR) is 110 cm³/mol. The second-order valence-corrected chi connectivity index (χ2v) is 6.32. The molecule has 0 radical (unpaired) electrons. The van der Waals surface area contributed by atoms with Crippen molar-refractivity contribution in [3.8, 4) is 28.5 Å². The maximum Gasteiger partial charge on any atom is 0.223 e. The molecule has 6 nitrogen and oxygen atoms in total. The molecule has 0 bridgehead atoms. The lowest BCUT2D eigenvalue weighted by Gasteiger charge is -2.09. The van der Waals surface area contributed by atoms with Crippen molar-refractivity contribution in [2.45, 2.75) is 19.8 Å². The first kappa shape index (κ1) is 19.5. The van der Waals surface area contributed by atoms with Crippen LogP contribution in [0.1, 0.15) is 18.9 Å². The number of ether oxygens (including phenoxy) is 2. The summed E-state index contributed by atoms with van der Waals surface area (Å²) in [4.78, 5) is 8.88. The van der Waals surface area contributed by atoms with Crippen LogP contribution in [0.4, 0.5) is 5.95 Å². The van der Waals surface area contributed by atoms with E-state index in [4.69, 9.17) is 9.47 Å². The van der Waals surface area contributed by atoms with Crippen LogP contribution in [0.3, 0.4) is 0 Å². The summed E-state index contributed by atoms with van der Waals surface area (Å²) in [6.07, 6.45) is 3.49. The maximum absolute atomic E-state index is 9.67. The quantitative estimate of drug-likeness (QED) is 0.577. The van der Waals surface area contributed by atoms with Crippen molar-refractivity contribution in [1.82, 2.24) is 9.97 Å². The number of anilines is 1. The van der Waals surface area contributed by atoms with Gasteiger partial charge in [-0.3, -0.25) is 0 Å². The minimum absolute atomic E-state index is 0.140. The highest BCUT2D eigenvalue weighted by molar-refractivity contribution is 5.61. The summed E-state index contributed by atoms with van der Waals surface area (Å²) < 4.78 is 10.8. The lowest BCUT2D eigenvalue weighted by atomic mass is 10.1. The van der Waals surface area contributed by atoms with Crippen molar-refractivity contribution in [3.63, 3.8) is 0 Å². The van der Waals surface area contributed by atoms with E-state index in [0.29, 0.717) is 24.8 Å². The van der Waals surface area contributed by atoms with E-state index in [1.807, 2.05) is 42.5 Å². The summed E-state index contributed by atoms with van der Waals surface area (Å²) in [6, 6.07) is 15.1. The first-order valence-electron chi connectivity index (χ1n) is 9.35. The second-order valence-electron chi connectivity index (χ2n) is 6.32. The van der Waals surface area contributed by atoms with E-state index in [1.54, 1.807) is 19.4 Å². The first-order valence-corrected chi connectivity index (χ1v) is 9.35. The molecule has 0 aliphatic carbocycles. The van der Waals surface area contributed by atoms with Crippen molar-refractivity contribution < 1.29 is 14.6 Å². The molecule has 0 aliphatic rings. The number of benzene rings is 2. The highest BCUT2D eigenvalue weighted by atomic mass is 16.5. The SMILES string of the molecule is CCCOc1ccc(-c2ccnc(NCCc3ccc(O)c(OC)c3)n2)cc1. The van der Waals surface area contributed by atoms with Gasteiger partial charge in [0.15, 0.2) is 11.5 Å². The van der Waals surface area contributed by atoms with Crippen molar-refractivity contribution >= 4 is 5.95 Å². The standard InChI is InChI=1S/C22H25N3O3/c1-3-14-28-18-7-5-17(6-8-18)19-11-13-24-22(25-19)23-12-10-16-4-9-20(26)21(15-16)27-2/h4-9,11,13,15,26H,3,10,12,14H2,1-2H3,(H,23,24,25). The molecule has 0 amide bonds. The summed E-state index contributed by atoms with van der Waals surface area (Å²) in [5.41, 5.74) is 2.92. The Labute approximate surface area is 165 Å². The molecule has 0 fully saturated rings. The number of aromatic hydroxyl groups is 1. The summed E-state index contributed by atoms with van der Waals surface area (Å²) in [7, 11) is 1.54. The average Bonchev–Trinajstić information content (AvgIpc) is 2.74. The van der Waals surface area contributed by atoms with Crippen LogP contribution in [0.15, 0.2) is 54.7 Å². The van der Waals surface area contributed by atoms with Gasteiger partial charge in [-0.05, 0) is 60.9 Å². The van der Waals surface area contributed by atoms with Gasteiger partial charge in [-0.2, -0.15) is 0 Å². The lowest BCUT2D eigenvalue weighted by molar-refractivity contribution is 0.317. The summed E-state index contributed by atoms with van der Waals surface area (Å²) >= 11 is 0. The lowest BCUT2D eigenvalue weighted by Crippen LogP contribution is -2.08. The molecule has 0 saturated carbocycles. The van der Waals surface area contributed by atoms with Gasteiger partial charge in [0.05, 0.1) is 19.4 Å². The molecule has 0 unspecified atom stereocenters. The van der Waals surface area contributed by atoms with E-state index in [9.17, 15) is 5.11 Å². The highest BCUT2D eigenvalue weighted by Gasteiger charge is 2.05. The zero-order valence-corrected chi connectivity index (χ0v) is 16.2. The molecule has 2 aromatic carbocycles. The number of aromatic nitrogens is 2. The largest absolute Gasteiger partial charge is 0.504 e. The first-order chi connectivity index (χ1) is 13.7. The zero-order valence-electron chi connectivity index (χ0n) is 16.2. The third-order valence-corrected chi connectivity index (χ3v) is 4.22. The van der Waals surface area contributed by atoms with Gasteiger partial charge in [-0.1, -0.05) is 13.0 Å². The minimum atomic E-state index is 0.140. The third-order valence-electron chi connectivity index (χ3n) is 4.22. The van der Waals surface area contributed by atoms with E-state index < -0.39 is 0 Å². The molecule has 2 N–H and O–H groups in total. The van der Waals surface area contributed by atoms with Crippen LogP contribution >= 0.6 is 0 Å². The molecule has 0 spiro atoms. The number of rotatable bonds is 9. The number of nitrogens with one attached hydrogen (secondary N) is 1. The Morgan fingerprint density at radius 2 is 1.89 bits per heavy atom. The summed E-state index contributed by atoms with van der Waals surface area (Å²) in [5, 5.41) is 12.9. The molecule has 1 heterocycles. The molecule has 0 saturated heterocycles. The Kier molecular flexibility index (Phi) is 6.68. The van der Waals surface area contributed by atoms with E-state index >= 15 is 0 Å². The third kappa shape index (κ3) is 5.13. The summed E-state index contributed by atoms with van der Waals surface area (Å²) in [6.45, 7) is 3.47. The van der Waals surface area contributed by atoms with Gasteiger partial charge < -0.3 is 19.9 Å². The number of nitrogens with zero attached hydrogens (tertiary/aromatic N) is 2. The van der Waals surface area contributed by atoms with Gasteiger partial charge in [0, 0.05) is 18.3 Å². The van der Waals surface area contributed by atoms with E-state index in [1.165, 1.54) is 0 Å². The van der Waals surface area contributed by atoms with Crippen LogP contribution in [-0.4, -0.2) is 35.3 Å². The van der Waals surface area contributed by atoms with E-state index in [0.717, 1.165) is 35.4 Å². The average molecular weight is 379 g/mol. The molecular formula is C22H25N3O3. The number of hydrogen-bond acceptors (Lipinski definition) is 6. The highest BCUT2D eigenvalue weighted by Crippen LogP contribution is 2.26. The Morgan fingerprint density at radius 1 is 1.07 bits per heavy atom. The van der Waals surface area contributed by atoms with Gasteiger partial charge in [0.1, 0.15) is 5.75 Å². The van der Waals surface area contributed by atoms with E-state index in [-0.39, 0.29) is 5.75 Å². The van der Waals surface area contributed by atoms with Crippen LogP contribution in [0.5, 0.6) is 17.2 Å². The monoisotopic (exact) mass is 379 g/mol. The van der Waals surface area contributed by atoms with Crippen molar-refractivity contribution in [2.75, 3.05) is 25.6 Å². The van der Waals surface area contributed by atoms with Gasteiger partial charge in [-0.15, -0.1) is 0 Å². The zero-order chi connectivity index (χ0) is 19.8. The van der Waals surface area contributed by atoms with Crippen LogP contribution < -0.4 is 14.8 Å². The molecule has 146 valence electrons. The Morgan fingerprint density at radius 3 is 2.64 bits per heavy atom. The fourth-order valence-electron chi connectivity index (χ4n) is 2.74. The second kappa shape index (κ2) is 9.60. The van der Waals surface area contributed by atoms with Crippen LogP contribution in [-0.2, 0) is 6.42 Å². The molecule has 3 aromatic rings. The normalized spacial score (nSPS) is 10.5. The molecule has 28 heavy (non-hydrogen) atoms. The van der Waals surface area contributed by atoms with Crippen LogP contribution in [0, 0.1) is 0 Å². The van der Waals surface area contributed by atoms with Crippen molar-refractivity contribution in [2.24, 2.45) is 0 Å². The maximum atomic E-state index is 9.67. The smallest absolute Gasteiger partial charge is 0.223 e. The van der Waals surface area contributed by atoms with Crippen LogP contribution in [0.2, 0.25) is 0 Å². The molecule has 6 heteroatoms. The minimum Gasteiger partial charge on any atom is -0.504 e. The van der Waals surface area contributed by atoms with Crippen molar-refractivity contribution in [3.05, 3.63) is 60.3 Å². The number of methoxy groups -OCH3 is 1. The molecule has 3 rings (SSSR count). The fourth-order valence-corrected chi connectivity index (χ4v) is 2.74. The molecule has 1 aromatic heterocycles. The van der Waals surface area contributed by atoms with Gasteiger partial charge in [0.2, 0.25) is 5.95 Å². The molecular weight excluding hydrogens is 354 g/mol. The van der Waals surface area contributed by atoms with E-state index in [2.05, 4.69) is 22.2 Å². The van der Waals surface area contributed by atoms with Crippen LogP contribution in [0.25, 0.3) is 11.3 Å². The Balaban J connectivity index is 1.60. The Bertz CT molecular complexity index is 898. The fraction of sp³-hybridized carbons (Fsp3) is 0.273. The Hall–Kier alpha value is -3.28. The number of hydrogen-bond donors (Lipinski definition) is 2. The van der Waals surface area contributed by atoms with Gasteiger partial charge >= 0.3 is 0 Å². The molecule has 0 atom stereocenters. The van der Waals surface area contributed by atoms with Gasteiger partial charge in [0.25, 0.3) is 0 Å². The number of phenolic OH excluding ortho intramolecular Hbond substituents is 1. The summed E-state index contributed by atoms with van der Waals surface area (Å²) in [5.74, 6) is 2.06. The topological polar surface area (TPSA) is 76.5 Å². The predicted octanol–water partition coefficient (Wildman–Crippen LogP) is 4.30. The molecule has 0 aliphatic heterocycles.